The van der Waals surface area contributed by atoms with Gasteiger partial charge in [-0.3, -0.25) is 19.2 Å². The molecule has 0 saturated carbocycles. The largest absolute Gasteiger partial charge is 0.492 e. The van der Waals surface area contributed by atoms with Gasteiger partial charge in [0.15, 0.2) is 5.78 Å². The molecule has 234 valence electrons. The first-order valence-electron chi connectivity index (χ1n) is 14.3. The van der Waals surface area contributed by atoms with Crippen LogP contribution in [0.5, 0.6) is 11.5 Å². The third kappa shape index (κ3) is 8.29. The first kappa shape index (κ1) is 33.5. The molecule has 2 aromatic carbocycles. The fraction of sp³-hybridized carbons (Fsp3) is 0.467. The number of rotatable bonds is 11. The highest BCUT2D eigenvalue weighted by Crippen LogP contribution is 2.40. The first-order chi connectivity index (χ1) is 20.5. The molecular formula is C30H43N7O6. The number of amides is 3. The van der Waals surface area contributed by atoms with Crippen molar-refractivity contribution in [3.63, 3.8) is 0 Å². The normalized spacial score (nSPS) is 19.4. The zero-order valence-corrected chi connectivity index (χ0v) is 24.9. The van der Waals surface area contributed by atoms with Crippen molar-refractivity contribution >= 4 is 23.5 Å². The fourth-order valence-electron chi connectivity index (χ4n) is 4.86. The van der Waals surface area contributed by atoms with Crippen molar-refractivity contribution in [2.75, 3.05) is 39.9 Å². The summed E-state index contributed by atoms with van der Waals surface area (Å²) in [6.45, 7) is 4.06. The number of ketones is 1. The van der Waals surface area contributed by atoms with Gasteiger partial charge in [0.05, 0.1) is 12.1 Å². The molecule has 0 fully saturated rings. The molecule has 1 aliphatic rings. The number of likely N-dealkylation sites (N-methyl/N-ethyl adjacent to an activating group) is 1. The van der Waals surface area contributed by atoms with Gasteiger partial charge in [0.25, 0.3) is 0 Å². The molecule has 10 N–H and O–H groups in total. The van der Waals surface area contributed by atoms with E-state index in [1.807, 2.05) is 12.1 Å². The van der Waals surface area contributed by atoms with Crippen LogP contribution in [0.2, 0.25) is 0 Å². The average Bonchev–Trinajstić information content (AvgIpc) is 2.98. The minimum atomic E-state index is -1.18. The Balaban J connectivity index is 2.31. The maximum absolute atomic E-state index is 13.8. The zero-order valence-electron chi connectivity index (χ0n) is 24.9. The summed E-state index contributed by atoms with van der Waals surface area (Å²) in [7, 11) is 1.47. The Kier molecular flexibility index (Phi) is 12.0. The van der Waals surface area contributed by atoms with Crippen molar-refractivity contribution < 1.29 is 28.7 Å². The van der Waals surface area contributed by atoms with E-state index in [1.54, 1.807) is 24.3 Å². The summed E-state index contributed by atoms with van der Waals surface area (Å²) >= 11 is 0. The van der Waals surface area contributed by atoms with Crippen LogP contribution in [0, 0.1) is 0 Å². The van der Waals surface area contributed by atoms with Gasteiger partial charge in [-0.2, -0.15) is 0 Å². The third-order valence-corrected chi connectivity index (χ3v) is 7.18. The number of carbonyl (C=O) groups is 4. The van der Waals surface area contributed by atoms with Crippen molar-refractivity contribution in [2.24, 2.45) is 22.9 Å². The third-order valence-electron chi connectivity index (χ3n) is 7.18. The lowest BCUT2D eigenvalue weighted by Gasteiger charge is -2.31. The summed E-state index contributed by atoms with van der Waals surface area (Å²) in [6.07, 6.45) is 0.415. The topological polar surface area (TPSA) is 218 Å². The smallest absolute Gasteiger partial charge is 0.248 e. The summed E-state index contributed by atoms with van der Waals surface area (Å²) in [5.41, 5.74) is 25.5. The molecule has 0 radical (unpaired) electrons. The van der Waals surface area contributed by atoms with Gasteiger partial charge in [0, 0.05) is 31.3 Å². The monoisotopic (exact) mass is 597 g/mol. The van der Waals surface area contributed by atoms with Crippen molar-refractivity contribution in [3.05, 3.63) is 47.5 Å². The molecule has 4 atom stereocenters. The highest BCUT2D eigenvalue weighted by Gasteiger charge is 2.34. The van der Waals surface area contributed by atoms with Crippen LogP contribution in [0.1, 0.15) is 37.4 Å². The molecule has 2 aromatic rings. The minimum Gasteiger partial charge on any atom is -0.492 e. The van der Waals surface area contributed by atoms with E-state index in [2.05, 4.69) is 10.6 Å². The predicted molar refractivity (Wildman–Crippen MR) is 162 cm³/mol. The zero-order chi connectivity index (χ0) is 31.7. The molecule has 0 unspecified atom stereocenters. The summed E-state index contributed by atoms with van der Waals surface area (Å²) in [4.78, 5) is 54.1. The number of hydrogen-bond acceptors (Lipinski definition) is 10. The Morgan fingerprint density at radius 3 is 2.12 bits per heavy atom. The number of benzene rings is 2. The van der Waals surface area contributed by atoms with Crippen LogP contribution in [-0.2, 0) is 25.6 Å². The lowest BCUT2D eigenvalue weighted by atomic mass is 9.93. The van der Waals surface area contributed by atoms with Crippen LogP contribution in [0.3, 0.4) is 0 Å². The van der Waals surface area contributed by atoms with Crippen LogP contribution in [-0.4, -0.2) is 86.4 Å². The van der Waals surface area contributed by atoms with E-state index in [0.717, 1.165) is 5.56 Å². The molecule has 13 nitrogen and oxygen atoms in total. The number of nitrogens with one attached hydrogen (secondary N) is 2. The molecule has 4 bridgehead atoms. The van der Waals surface area contributed by atoms with Crippen LogP contribution < -0.4 is 43.0 Å². The number of carbonyl (C=O) groups excluding carboxylic acids is 4. The van der Waals surface area contributed by atoms with Gasteiger partial charge < -0.3 is 47.9 Å². The Hall–Kier alpha value is -4.04. The maximum atomic E-state index is 13.8. The molecule has 43 heavy (non-hydrogen) atoms. The van der Waals surface area contributed by atoms with Crippen molar-refractivity contribution in [1.29, 1.82) is 0 Å². The van der Waals surface area contributed by atoms with Crippen LogP contribution in [0.25, 0.3) is 11.1 Å². The molecule has 1 heterocycles. The van der Waals surface area contributed by atoms with Crippen LogP contribution >= 0.6 is 0 Å². The van der Waals surface area contributed by atoms with Gasteiger partial charge in [0.2, 0.25) is 17.7 Å². The Morgan fingerprint density at radius 1 is 0.930 bits per heavy atom. The molecule has 1 aliphatic heterocycles. The Labute approximate surface area is 251 Å². The molecule has 13 heteroatoms. The molecule has 3 amide bonds. The first-order valence-corrected chi connectivity index (χ1v) is 14.3. The van der Waals surface area contributed by atoms with E-state index >= 15 is 0 Å². The fourth-order valence-corrected chi connectivity index (χ4v) is 4.86. The van der Waals surface area contributed by atoms with E-state index in [-0.39, 0.29) is 51.5 Å². The van der Waals surface area contributed by atoms with E-state index in [0.29, 0.717) is 28.2 Å². The standard InChI is InChI=1S/C30H43N7O6/c1-17-28(39)36-24(18(2)38)15-19-4-6-25(42-12-10-32)21(14-19)22-16-20(5-7-26(22)43-13-11-33)27(29(40)35-17)37(3)30(41)23(34)8-9-31/h4-7,14,16-17,23-24,27H,8-13,15,31-34H2,1-3H3,(H,35,40)(H,36,39)/t17-,23-,24-,27-/m0/s1. The highest BCUT2D eigenvalue weighted by atomic mass is 16.5. The van der Waals surface area contributed by atoms with Gasteiger partial charge in [-0.05, 0) is 68.6 Å². The number of hydrogen-bond donors (Lipinski definition) is 6. The van der Waals surface area contributed by atoms with E-state index < -0.39 is 41.9 Å². The SMILES string of the molecule is CC(=O)[C@@H]1Cc2ccc(OCCN)c(c2)-c2cc(ccc2OCCN)[C@H](N(C)C(=O)[C@@H](N)CCN)C(=O)N[C@@H](C)C(=O)N1. The molecule has 0 aromatic heterocycles. The molecular weight excluding hydrogens is 554 g/mol. The molecule has 0 saturated heterocycles. The Bertz CT molecular complexity index is 1320. The molecule has 0 aliphatic carbocycles. The van der Waals surface area contributed by atoms with E-state index in [9.17, 15) is 19.2 Å². The summed E-state index contributed by atoms with van der Waals surface area (Å²) in [6, 6.07) is 6.53. The second-order valence-electron chi connectivity index (χ2n) is 10.5. The van der Waals surface area contributed by atoms with Gasteiger partial charge in [-0.25, -0.2) is 0 Å². The van der Waals surface area contributed by atoms with Gasteiger partial charge in [-0.1, -0.05) is 12.1 Å². The van der Waals surface area contributed by atoms with Crippen molar-refractivity contribution in [3.8, 4) is 22.6 Å². The van der Waals surface area contributed by atoms with Crippen molar-refractivity contribution in [2.45, 2.75) is 50.9 Å². The predicted octanol–water partition coefficient (Wildman–Crippen LogP) is -0.661. The number of fused-ring (bicyclic) bond motifs is 5. The number of ether oxygens (including phenoxy) is 2. The van der Waals surface area contributed by atoms with E-state index in [1.165, 1.54) is 25.8 Å². The molecule has 0 spiro atoms. The van der Waals surface area contributed by atoms with E-state index in [4.69, 9.17) is 32.4 Å². The highest BCUT2D eigenvalue weighted by molar-refractivity contribution is 5.95. The summed E-state index contributed by atoms with van der Waals surface area (Å²) < 4.78 is 12.0. The van der Waals surface area contributed by atoms with Crippen molar-refractivity contribution in [1.82, 2.24) is 15.5 Å². The number of nitrogens with zero attached hydrogens (tertiary/aromatic N) is 1. The van der Waals surface area contributed by atoms with Crippen LogP contribution in [0.4, 0.5) is 0 Å². The molecule has 3 rings (SSSR count). The summed E-state index contributed by atoms with van der Waals surface area (Å²) in [5, 5.41) is 5.44. The number of nitrogens with two attached hydrogens (primary N) is 4. The lowest BCUT2D eigenvalue weighted by molar-refractivity contribution is -0.141. The quantitative estimate of drug-likeness (QED) is 0.192. The second kappa shape index (κ2) is 15.4. The average molecular weight is 598 g/mol. The van der Waals surface area contributed by atoms with Gasteiger partial charge in [-0.15, -0.1) is 0 Å². The Morgan fingerprint density at radius 2 is 1.53 bits per heavy atom. The summed E-state index contributed by atoms with van der Waals surface area (Å²) in [5.74, 6) is -0.968. The maximum Gasteiger partial charge on any atom is 0.248 e. The minimum absolute atomic E-state index is 0.186. The van der Waals surface area contributed by atoms with Gasteiger partial charge in [0.1, 0.15) is 36.8 Å². The number of Topliss-reactive ketones (excluding diaryl/α,β-unsaturated/α-hetero) is 1. The van der Waals surface area contributed by atoms with Crippen LogP contribution in [0.15, 0.2) is 36.4 Å². The second-order valence-corrected chi connectivity index (χ2v) is 10.5. The van der Waals surface area contributed by atoms with Gasteiger partial charge >= 0.3 is 0 Å². The lowest BCUT2D eigenvalue weighted by Crippen LogP contribution is -2.54.